The lowest BCUT2D eigenvalue weighted by molar-refractivity contribution is 0.375. The molecule has 3 heterocycles. The van der Waals surface area contributed by atoms with Gasteiger partial charge in [0.25, 0.3) is 0 Å². The maximum absolute atomic E-state index is 5.83. The molecule has 5 heteroatoms. The van der Waals surface area contributed by atoms with Crippen LogP contribution in [-0.2, 0) is 13.0 Å². The second-order valence-corrected chi connectivity index (χ2v) is 7.38. The van der Waals surface area contributed by atoms with E-state index in [1.165, 1.54) is 26.9 Å². The topological polar surface area (TPSA) is 57.9 Å². The zero-order valence-corrected chi connectivity index (χ0v) is 14.3. The van der Waals surface area contributed by atoms with E-state index in [2.05, 4.69) is 53.5 Å². The van der Waals surface area contributed by atoms with Gasteiger partial charge in [-0.15, -0.1) is 11.3 Å². The highest BCUT2D eigenvalue weighted by molar-refractivity contribution is 7.15. The molecule has 0 amide bonds. The summed E-state index contributed by atoms with van der Waals surface area (Å²) in [7, 11) is 0. The summed E-state index contributed by atoms with van der Waals surface area (Å²) < 4.78 is 0. The SMILES string of the molecule is C=C(c1cc2cc(C)cc(C)c2[nH]1)N1CCc2nc(N)sc2C1. The Hall–Kier alpha value is -2.27. The van der Waals surface area contributed by atoms with E-state index in [0.29, 0.717) is 5.13 Å². The molecular formula is C18H20N4S. The highest BCUT2D eigenvalue weighted by Gasteiger charge is 2.22. The van der Waals surface area contributed by atoms with E-state index in [9.17, 15) is 0 Å². The van der Waals surface area contributed by atoms with Crippen LogP contribution in [0.2, 0.25) is 0 Å². The zero-order valence-electron chi connectivity index (χ0n) is 13.4. The van der Waals surface area contributed by atoms with E-state index in [0.717, 1.165) is 36.6 Å². The van der Waals surface area contributed by atoms with Crippen LogP contribution in [0.5, 0.6) is 0 Å². The van der Waals surface area contributed by atoms with Crippen molar-refractivity contribution in [2.24, 2.45) is 0 Å². The van der Waals surface area contributed by atoms with Crippen molar-refractivity contribution in [2.75, 3.05) is 12.3 Å². The van der Waals surface area contributed by atoms with Gasteiger partial charge in [-0.1, -0.05) is 18.2 Å². The molecule has 1 aromatic carbocycles. The number of nitrogens with one attached hydrogen (secondary N) is 1. The van der Waals surface area contributed by atoms with Gasteiger partial charge in [0.1, 0.15) is 0 Å². The molecule has 0 spiro atoms. The predicted octanol–water partition coefficient (Wildman–Crippen LogP) is 3.85. The van der Waals surface area contributed by atoms with E-state index in [-0.39, 0.29) is 0 Å². The fourth-order valence-corrected chi connectivity index (χ4v) is 4.28. The molecule has 0 saturated carbocycles. The minimum atomic E-state index is 0.666. The summed E-state index contributed by atoms with van der Waals surface area (Å²) in [5.41, 5.74) is 12.9. The number of fused-ring (bicyclic) bond motifs is 2. The highest BCUT2D eigenvalue weighted by atomic mass is 32.1. The Morgan fingerprint density at radius 3 is 3.00 bits per heavy atom. The highest BCUT2D eigenvalue weighted by Crippen LogP contribution is 2.31. The quantitative estimate of drug-likeness (QED) is 0.753. The summed E-state index contributed by atoms with van der Waals surface area (Å²) in [5, 5.41) is 1.91. The Morgan fingerprint density at radius 1 is 1.35 bits per heavy atom. The van der Waals surface area contributed by atoms with Crippen molar-refractivity contribution in [2.45, 2.75) is 26.8 Å². The van der Waals surface area contributed by atoms with Gasteiger partial charge < -0.3 is 15.6 Å². The van der Waals surface area contributed by atoms with Crippen molar-refractivity contribution >= 4 is 33.1 Å². The number of benzene rings is 1. The Kier molecular flexibility index (Phi) is 3.20. The molecular weight excluding hydrogens is 304 g/mol. The minimum absolute atomic E-state index is 0.666. The molecule has 3 N–H and O–H groups in total. The number of aromatic nitrogens is 2. The number of H-pyrrole nitrogens is 1. The number of anilines is 1. The summed E-state index contributed by atoms with van der Waals surface area (Å²) in [4.78, 5) is 11.5. The number of thiazole rings is 1. The van der Waals surface area contributed by atoms with Gasteiger partial charge >= 0.3 is 0 Å². The third-order valence-corrected chi connectivity index (χ3v) is 5.42. The first kappa shape index (κ1) is 14.3. The molecule has 1 aliphatic rings. The Balaban J connectivity index is 1.66. The smallest absolute Gasteiger partial charge is 0.180 e. The molecule has 0 fully saturated rings. The molecule has 4 rings (SSSR count). The third-order valence-electron chi connectivity index (χ3n) is 4.51. The molecule has 2 aromatic heterocycles. The number of nitrogens with two attached hydrogens (primary N) is 1. The van der Waals surface area contributed by atoms with Crippen molar-refractivity contribution in [3.8, 4) is 0 Å². The average Bonchev–Trinajstić information content (AvgIpc) is 3.07. The van der Waals surface area contributed by atoms with Crippen molar-refractivity contribution in [3.05, 3.63) is 52.2 Å². The number of aromatic amines is 1. The molecule has 0 atom stereocenters. The lowest BCUT2D eigenvalue weighted by atomic mass is 10.1. The Labute approximate surface area is 139 Å². The van der Waals surface area contributed by atoms with E-state index >= 15 is 0 Å². The van der Waals surface area contributed by atoms with Gasteiger partial charge in [0, 0.05) is 28.7 Å². The molecule has 118 valence electrons. The normalized spacial score (nSPS) is 14.3. The van der Waals surface area contributed by atoms with Gasteiger partial charge in [-0.3, -0.25) is 0 Å². The van der Waals surface area contributed by atoms with E-state index in [1.54, 1.807) is 11.3 Å². The average molecular weight is 324 g/mol. The molecule has 0 saturated heterocycles. The van der Waals surface area contributed by atoms with E-state index in [1.807, 2.05) is 0 Å². The maximum Gasteiger partial charge on any atom is 0.180 e. The molecule has 3 aromatic rings. The van der Waals surface area contributed by atoms with Crippen LogP contribution in [0.1, 0.15) is 27.4 Å². The number of rotatable bonds is 2. The fraction of sp³-hybridized carbons (Fsp3) is 0.278. The number of hydrogen-bond acceptors (Lipinski definition) is 4. The largest absolute Gasteiger partial charge is 0.375 e. The second-order valence-electron chi connectivity index (χ2n) is 6.27. The van der Waals surface area contributed by atoms with Crippen LogP contribution >= 0.6 is 11.3 Å². The Bertz CT molecular complexity index is 919. The molecule has 0 aliphatic carbocycles. The number of nitrogens with zero attached hydrogens (tertiary/aromatic N) is 2. The molecule has 1 aliphatic heterocycles. The number of nitrogen functional groups attached to an aromatic ring is 1. The van der Waals surface area contributed by atoms with Crippen LogP contribution in [0.15, 0.2) is 24.8 Å². The van der Waals surface area contributed by atoms with Crippen LogP contribution in [0, 0.1) is 13.8 Å². The van der Waals surface area contributed by atoms with Crippen molar-refractivity contribution in [1.29, 1.82) is 0 Å². The first-order valence-corrected chi connectivity index (χ1v) is 8.61. The van der Waals surface area contributed by atoms with Crippen molar-refractivity contribution < 1.29 is 0 Å². The van der Waals surface area contributed by atoms with Crippen molar-refractivity contribution in [3.63, 3.8) is 0 Å². The number of aryl methyl sites for hydroxylation is 2. The summed E-state index contributed by atoms with van der Waals surface area (Å²) in [5.74, 6) is 0. The summed E-state index contributed by atoms with van der Waals surface area (Å²) in [6.07, 6.45) is 0.931. The molecule has 0 bridgehead atoms. The monoisotopic (exact) mass is 324 g/mol. The van der Waals surface area contributed by atoms with Gasteiger partial charge in [0.15, 0.2) is 5.13 Å². The van der Waals surface area contributed by atoms with E-state index < -0.39 is 0 Å². The van der Waals surface area contributed by atoms with E-state index in [4.69, 9.17) is 5.73 Å². The molecule has 0 unspecified atom stereocenters. The van der Waals surface area contributed by atoms with Gasteiger partial charge in [-0.2, -0.15) is 0 Å². The summed E-state index contributed by atoms with van der Waals surface area (Å²) >= 11 is 1.59. The lowest BCUT2D eigenvalue weighted by Crippen LogP contribution is -2.28. The first-order chi connectivity index (χ1) is 11.0. The van der Waals surface area contributed by atoms with Gasteiger partial charge in [-0.05, 0) is 31.5 Å². The molecule has 4 nitrogen and oxygen atoms in total. The van der Waals surface area contributed by atoms with Crippen LogP contribution in [0.3, 0.4) is 0 Å². The van der Waals surface area contributed by atoms with Gasteiger partial charge in [-0.25, -0.2) is 4.98 Å². The minimum Gasteiger partial charge on any atom is -0.375 e. The van der Waals surface area contributed by atoms with Crippen molar-refractivity contribution in [1.82, 2.24) is 14.9 Å². The molecule has 0 radical (unpaired) electrons. The van der Waals surface area contributed by atoms with Crippen LogP contribution in [0.25, 0.3) is 16.6 Å². The van der Waals surface area contributed by atoms with Crippen LogP contribution in [-0.4, -0.2) is 21.4 Å². The standard InChI is InChI=1S/C18H20N4S/c1-10-6-11(2)17-13(7-10)8-15(20-17)12(3)22-5-4-14-16(9-22)23-18(19)21-14/h6-8,20H,3-5,9H2,1-2H3,(H2,19,21). The van der Waals surface area contributed by atoms with Gasteiger partial charge in [0.2, 0.25) is 0 Å². The van der Waals surface area contributed by atoms with Gasteiger partial charge in [0.05, 0.1) is 23.6 Å². The number of hydrogen-bond donors (Lipinski definition) is 2. The lowest BCUT2D eigenvalue weighted by Gasteiger charge is -2.29. The Morgan fingerprint density at radius 2 is 2.17 bits per heavy atom. The fourth-order valence-electron chi connectivity index (χ4n) is 3.38. The summed E-state index contributed by atoms with van der Waals surface area (Å²) in [6, 6.07) is 6.63. The maximum atomic E-state index is 5.83. The predicted molar refractivity (Wildman–Crippen MR) is 97.4 cm³/mol. The van der Waals surface area contributed by atoms with Crippen LogP contribution < -0.4 is 5.73 Å². The zero-order chi connectivity index (χ0) is 16.1. The second kappa shape index (κ2) is 5.13. The molecule has 23 heavy (non-hydrogen) atoms. The van der Waals surface area contributed by atoms with Crippen LogP contribution in [0.4, 0.5) is 5.13 Å². The first-order valence-electron chi connectivity index (χ1n) is 7.79. The third kappa shape index (κ3) is 2.41. The summed E-state index contributed by atoms with van der Waals surface area (Å²) in [6.45, 7) is 10.4.